The molecule has 1 aromatic heterocycles. The number of aromatic hydroxyl groups is 1. The van der Waals surface area contributed by atoms with Gasteiger partial charge in [0.1, 0.15) is 11.1 Å². The average Bonchev–Trinajstić information content (AvgIpc) is 2.61. The van der Waals surface area contributed by atoms with Gasteiger partial charge in [-0.15, -0.1) is 0 Å². The molecule has 1 aliphatic rings. The van der Waals surface area contributed by atoms with Crippen LogP contribution in [0.15, 0.2) is 39.5 Å². The summed E-state index contributed by atoms with van der Waals surface area (Å²) in [6, 6.07) is -0.804. The van der Waals surface area contributed by atoms with Gasteiger partial charge in [-0.2, -0.15) is 0 Å². The molecule has 136 valence electrons. The molecule has 1 saturated heterocycles. The second-order valence-corrected chi connectivity index (χ2v) is 5.39. The Hall–Kier alpha value is -3.69. The van der Waals surface area contributed by atoms with Crippen LogP contribution in [0.25, 0.3) is 6.08 Å². The smallest absolute Gasteiger partial charge is 0.333 e. The van der Waals surface area contributed by atoms with E-state index in [4.69, 9.17) is 0 Å². The van der Waals surface area contributed by atoms with Crippen molar-refractivity contribution in [2.75, 3.05) is 7.05 Å². The molecular weight excluding hydrogens is 344 g/mol. The lowest BCUT2D eigenvalue weighted by Gasteiger charge is -2.21. The predicted molar refractivity (Wildman–Crippen MR) is 91.2 cm³/mol. The fraction of sp³-hybridized carbons (Fsp3) is 0.188. The lowest BCUT2D eigenvalue weighted by molar-refractivity contribution is -0.129. The van der Waals surface area contributed by atoms with Gasteiger partial charge in [-0.25, -0.2) is 9.59 Å². The molecule has 0 aromatic carbocycles. The number of nitrogens with zero attached hydrogens (tertiary/aromatic N) is 3. The maximum Gasteiger partial charge on any atom is 0.333 e. The first-order chi connectivity index (χ1) is 12.2. The van der Waals surface area contributed by atoms with Gasteiger partial charge in [-0.05, 0) is 12.2 Å². The zero-order valence-corrected chi connectivity index (χ0v) is 14.2. The van der Waals surface area contributed by atoms with Crippen molar-refractivity contribution in [1.82, 2.24) is 19.4 Å². The summed E-state index contributed by atoms with van der Waals surface area (Å²) in [6.07, 6.45) is 6.65. The first-order valence-corrected chi connectivity index (χ1v) is 7.34. The van der Waals surface area contributed by atoms with E-state index < -0.39 is 35.0 Å². The maximum absolute atomic E-state index is 12.0. The summed E-state index contributed by atoms with van der Waals surface area (Å²) in [6.45, 7) is 0. The lowest BCUT2D eigenvalue weighted by atomic mass is 10.1. The molecule has 0 atom stereocenters. The number of aromatic nitrogens is 2. The number of barbiturate groups is 1. The van der Waals surface area contributed by atoms with Gasteiger partial charge in [0.15, 0.2) is 0 Å². The van der Waals surface area contributed by atoms with Gasteiger partial charge in [0, 0.05) is 21.1 Å². The number of allylic oxidation sites excluding steroid dienone is 4. The van der Waals surface area contributed by atoms with Gasteiger partial charge in [-0.1, -0.05) is 18.2 Å². The fourth-order valence-electron chi connectivity index (χ4n) is 2.14. The van der Waals surface area contributed by atoms with E-state index in [2.05, 4.69) is 0 Å². The Morgan fingerprint density at radius 2 is 1.58 bits per heavy atom. The second kappa shape index (κ2) is 7.05. The highest BCUT2D eigenvalue weighted by molar-refractivity contribution is 6.28. The van der Waals surface area contributed by atoms with Gasteiger partial charge in [0.25, 0.3) is 17.4 Å². The van der Waals surface area contributed by atoms with E-state index in [1.54, 1.807) is 0 Å². The molecule has 0 bridgehead atoms. The largest absolute Gasteiger partial charge is 0.494 e. The Labute approximate surface area is 147 Å². The van der Waals surface area contributed by atoms with Gasteiger partial charge < -0.3 is 5.11 Å². The number of likely N-dealkylation sites (N-methyl/N-ethyl adjacent to an activating group) is 1. The number of carbonyl (C=O) groups is 3. The molecule has 10 heteroatoms. The van der Waals surface area contributed by atoms with Crippen molar-refractivity contribution in [3.05, 3.63) is 56.3 Å². The van der Waals surface area contributed by atoms with Crippen LogP contribution in [-0.2, 0) is 23.7 Å². The van der Waals surface area contributed by atoms with Gasteiger partial charge in [-0.3, -0.25) is 33.7 Å². The van der Waals surface area contributed by atoms with Crippen molar-refractivity contribution in [1.29, 1.82) is 0 Å². The molecule has 2 heterocycles. The van der Waals surface area contributed by atoms with Crippen LogP contribution in [0.2, 0.25) is 0 Å². The summed E-state index contributed by atoms with van der Waals surface area (Å²) < 4.78 is 1.77. The van der Waals surface area contributed by atoms with Gasteiger partial charge >= 0.3 is 11.7 Å². The van der Waals surface area contributed by atoms with E-state index in [1.807, 2.05) is 5.32 Å². The number of rotatable bonds is 3. The lowest BCUT2D eigenvalue weighted by Crippen LogP contribution is -2.52. The van der Waals surface area contributed by atoms with Crippen LogP contribution in [0.3, 0.4) is 0 Å². The van der Waals surface area contributed by atoms with Crippen molar-refractivity contribution < 1.29 is 19.5 Å². The normalized spacial score (nSPS) is 17.0. The maximum atomic E-state index is 12.0. The molecule has 1 fully saturated rings. The predicted octanol–water partition coefficient (Wildman–Crippen LogP) is -1.01. The highest BCUT2D eigenvalue weighted by Crippen LogP contribution is 2.11. The molecule has 10 nitrogen and oxygen atoms in total. The third-order valence-corrected chi connectivity index (χ3v) is 3.72. The fourth-order valence-corrected chi connectivity index (χ4v) is 2.14. The summed E-state index contributed by atoms with van der Waals surface area (Å²) in [5.74, 6) is -2.03. The minimum absolute atomic E-state index is 0.0938. The molecule has 1 aliphatic heterocycles. The molecule has 0 radical (unpaired) electrons. The summed E-state index contributed by atoms with van der Waals surface area (Å²) in [5.41, 5.74) is -1.65. The number of carbonyl (C=O) groups excluding carboxylic acids is 3. The van der Waals surface area contributed by atoms with Crippen LogP contribution in [0, 0.1) is 0 Å². The minimum Gasteiger partial charge on any atom is -0.494 e. The van der Waals surface area contributed by atoms with Crippen molar-refractivity contribution >= 4 is 23.9 Å². The van der Waals surface area contributed by atoms with E-state index in [9.17, 15) is 29.1 Å². The quantitative estimate of drug-likeness (QED) is 0.404. The molecule has 0 aliphatic carbocycles. The molecule has 0 spiro atoms. The van der Waals surface area contributed by atoms with Crippen molar-refractivity contribution in [2.45, 2.75) is 0 Å². The van der Waals surface area contributed by atoms with Gasteiger partial charge in [0.05, 0.1) is 0 Å². The minimum atomic E-state index is -0.809. The Balaban J connectivity index is 2.26. The van der Waals surface area contributed by atoms with Crippen LogP contribution in [0.1, 0.15) is 5.56 Å². The molecular formula is C16H16N4O6. The topological polar surface area (TPSA) is 131 Å². The Kier molecular flexibility index (Phi) is 5.06. The number of amides is 4. The highest BCUT2D eigenvalue weighted by atomic mass is 16.3. The number of nitrogens with one attached hydrogen (secondary N) is 1. The first kappa shape index (κ1) is 18.6. The second-order valence-electron chi connectivity index (χ2n) is 5.39. The van der Waals surface area contributed by atoms with E-state index in [0.717, 1.165) is 14.0 Å². The molecule has 2 rings (SSSR count). The number of imide groups is 2. The number of hydrogen-bond donors (Lipinski definition) is 2. The SMILES string of the molecule is CN1C(=O)NC(=O)/C(=C/C=C/C=C/c2c(O)n(C)c(=O)n(C)c2=O)C1=O. The number of urea groups is 1. The number of hydrogen-bond acceptors (Lipinski definition) is 6. The third kappa shape index (κ3) is 3.24. The monoisotopic (exact) mass is 360 g/mol. The molecule has 4 amide bonds. The molecule has 0 saturated carbocycles. The van der Waals surface area contributed by atoms with Crippen molar-refractivity contribution in [3.8, 4) is 5.88 Å². The van der Waals surface area contributed by atoms with Crippen molar-refractivity contribution in [3.63, 3.8) is 0 Å². The molecule has 2 N–H and O–H groups in total. The standard InChI is InChI=1S/C16H16N4O6/c1-18-12(22)9(11(21)17-15(18)25)7-5-4-6-8-10-13(23)19(2)16(26)20(3)14(10)24/h4-8,23H,1-3H3,(H,17,21,25)/b5-4+,8-6+,9-7-. The average molecular weight is 360 g/mol. The van der Waals surface area contributed by atoms with Crippen LogP contribution in [0.4, 0.5) is 4.79 Å². The van der Waals surface area contributed by atoms with Gasteiger partial charge in [0.2, 0.25) is 5.88 Å². The molecule has 1 aromatic rings. The zero-order chi connectivity index (χ0) is 19.6. The summed E-state index contributed by atoms with van der Waals surface area (Å²) in [4.78, 5) is 59.2. The van der Waals surface area contributed by atoms with Crippen LogP contribution < -0.4 is 16.6 Å². The molecule has 26 heavy (non-hydrogen) atoms. The van der Waals surface area contributed by atoms with Crippen LogP contribution >= 0.6 is 0 Å². The van der Waals surface area contributed by atoms with Crippen LogP contribution in [-0.4, -0.2) is 44.0 Å². The summed E-state index contributed by atoms with van der Waals surface area (Å²) in [5, 5.41) is 11.9. The Morgan fingerprint density at radius 3 is 2.23 bits per heavy atom. The van der Waals surface area contributed by atoms with Crippen molar-refractivity contribution in [2.24, 2.45) is 14.1 Å². The Morgan fingerprint density at radius 1 is 0.923 bits per heavy atom. The Bertz CT molecular complexity index is 1010. The molecule has 0 unspecified atom stereocenters. The van der Waals surface area contributed by atoms with E-state index in [0.29, 0.717) is 0 Å². The highest BCUT2D eigenvalue weighted by Gasteiger charge is 2.32. The third-order valence-electron chi connectivity index (χ3n) is 3.72. The van der Waals surface area contributed by atoms with E-state index in [1.165, 1.54) is 51.5 Å². The van der Waals surface area contributed by atoms with E-state index >= 15 is 0 Å². The van der Waals surface area contributed by atoms with E-state index in [-0.39, 0.29) is 11.1 Å². The van der Waals surface area contributed by atoms with Crippen LogP contribution in [0.5, 0.6) is 5.88 Å². The first-order valence-electron chi connectivity index (χ1n) is 7.34. The zero-order valence-electron chi connectivity index (χ0n) is 14.2. The summed E-state index contributed by atoms with van der Waals surface area (Å²) >= 11 is 0. The summed E-state index contributed by atoms with van der Waals surface area (Å²) in [7, 11) is 3.84.